The fraction of sp³-hybridized carbons (Fsp3) is 0.846. The first-order valence-corrected chi connectivity index (χ1v) is 6.78. The molecular formula is C13H24N2O3. The van der Waals surface area contributed by atoms with Gasteiger partial charge in [0.1, 0.15) is 5.54 Å². The molecule has 1 amide bonds. The van der Waals surface area contributed by atoms with E-state index in [-0.39, 0.29) is 11.9 Å². The first-order chi connectivity index (χ1) is 8.49. The van der Waals surface area contributed by atoms with Crippen LogP contribution < -0.4 is 10.6 Å². The molecule has 1 rings (SSSR count). The van der Waals surface area contributed by atoms with E-state index in [9.17, 15) is 14.7 Å². The van der Waals surface area contributed by atoms with Crippen molar-refractivity contribution in [2.75, 3.05) is 6.54 Å². The lowest BCUT2D eigenvalue weighted by Crippen LogP contribution is -2.57. The van der Waals surface area contributed by atoms with Gasteiger partial charge in [-0.05, 0) is 32.7 Å². The van der Waals surface area contributed by atoms with Crippen LogP contribution in [-0.2, 0) is 9.59 Å². The van der Waals surface area contributed by atoms with E-state index in [4.69, 9.17) is 0 Å². The summed E-state index contributed by atoms with van der Waals surface area (Å²) in [5, 5.41) is 15.1. The number of amides is 1. The van der Waals surface area contributed by atoms with Crippen LogP contribution >= 0.6 is 0 Å². The Morgan fingerprint density at radius 1 is 1.39 bits per heavy atom. The molecule has 1 heterocycles. The fourth-order valence-corrected chi connectivity index (χ4v) is 2.33. The van der Waals surface area contributed by atoms with Crippen molar-refractivity contribution in [3.8, 4) is 0 Å². The van der Waals surface area contributed by atoms with Crippen molar-refractivity contribution in [2.45, 2.75) is 64.0 Å². The van der Waals surface area contributed by atoms with Crippen molar-refractivity contribution in [3.63, 3.8) is 0 Å². The molecule has 104 valence electrons. The maximum absolute atomic E-state index is 12.1. The molecule has 1 aliphatic rings. The van der Waals surface area contributed by atoms with Gasteiger partial charge < -0.3 is 15.7 Å². The molecule has 1 fully saturated rings. The molecule has 0 saturated carbocycles. The minimum absolute atomic E-state index is 0.185. The summed E-state index contributed by atoms with van der Waals surface area (Å²) in [4.78, 5) is 23.4. The van der Waals surface area contributed by atoms with Gasteiger partial charge in [-0.2, -0.15) is 0 Å². The third-order valence-corrected chi connectivity index (χ3v) is 3.50. The number of aliphatic carboxylic acids is 1. The van der Waals surface area contributed by atoms with E-state index in [1.807, 2.05) is 6.92 Å². The molecule has 0 aromatic rings. The van der Waals surface area contributed by atoms with Crippen LogP contribution in [0, 0.1) is 0 Å². The number of carbonyl (C=O) groups is 2. The van der Waals surface area contributed by atoms with Gasteiger partial charge in [0, 0.05) is 0 Å². The van der Waals surface area contributed by atoms with Crippen LogP contribution in [0.1, 0.15) is 52.4 Å². The summed E-state index contributed by atoms with van der Waals surface area (Å²) in [6, 6.07) is -0.247. The van der Waals surface area contributed by atoms with Crippen LogP contribution in [0.5, 0.6) is 0 Å². The molecule has 0 bridgehead atoms. The molecule has 5 nitrogen and oxygen atoms in total. The summed E-state index contributed by atoms with van der Waals surface area (Å²) in [7, 11) is 0. The highest BCUT2D eigenvalue weighted by Gasteiger charge is 2.35. The fourth-order valence-electron chi connectivity index (χ4n) is 2.33. The largest absolute Gasteiger partial charge is 0.480 e. The molecule has 0 radical (unpaired) electrons. The Kier molecular flexibility index (Phi) is 5.59. The Morgan fingerprint density at radius 2 is 2.11 bits per heavy atom. The standard InChI is InChI=1S/C13H24N2O3/c1-3-8-13(2,12(17)18)15-11(16)10-7-5-4-6-9-14-10/h10,14H,3-9H2,1-2H3,(H,15,16)(H,17,18). The molecule has 2 atom stereocenters. The van der Waals surface area contributed by atoms with Crippen LogP contribution in [0.4, 0.5) is 0 Å². The van der Waals surface area contributed by atoms with Gasteiger partial charge in [0.25, 0.3) is 0 Å². The summed E-state index contributed by atoms with van der Waals surface area (Å²) in [6.45, 7) is 4.32. The monoisotopic (exact) mass is 256 g/mol. The topological polar surface area (TPSA) is 78.4 Å². The van der Waals surface area contributed by atoms with Crippen LogP contribution in [0.3, 0.4) is 0 Å². The van der Waals surface area contributed by atoms with Gasteiger partial charge in [-0.3, -0.25) is 4.79 Å². The third kappa shape index (κ3) is 3.98. The van der Waals surface area contributed by atoms with Crippen LogP contribution in [0.25, 0.3) is 0 Å². The van der Waals surface area contributed by atoms with E-state index in [2.05, 4.69) is 10.6 Å². The van der Waals surface area contributed by atoms with Crippen molar-refractivity contribution < 1.29 is 14.7 Å². The number of carboxylic acid groups (broad SMARTS) is 1. The van der Waals surface area contributed by atoms with Crippen molar-refractivity contribution >= 4 is 11.9 Å². The highest BCUT2D eigenvalue weighted by atomic mass is 16.4. The molecule has 5 heteroatoms. The highest BCUT2D eigenvalue weighted by Crippen LogP contribution is 2.15. The van der Waals surface area contributed by atoms with E-state index in [0.29, 0.717) is 6.42 Å². The number of hydrogen-bond acceptors (Lipinski definition) is 3. The van der Waals surface area contributed by atoms with E-state index in [1.54, 1.807) is 6.92 Å². The van der Waals surface area contributed by atoms with Crippen molar-refractivity contribution in [1.29, 1.82) is 0 Å². The number of carboxylic acids is 1. The van der Waals surface area contributed by atoms with Crippen molar-refractivity contribution in [3.05, 3.63) is 0 Å². The zero-order valence-corrected chi connectivity index (χ0v) is 11.3. The average Bonchev–Trinajstić information content (AvgIpc) is 2.57. The van der Waals surface area contributed by atoms with Crippen molar-refractivity contribution in [1.82, 2.24) is 10.6 Å². The molecule has 1 aliphatic heterocycles. The SMILES string of the molecule is CCCC(C)(NC(=O)C1CCCCCN1)C(=O)O. The summed E-state index contributed by atoms with van der Waals surface area (Å²) in [5.74, 6) is -1.15. The number of rotatable bonds is 5. The molecule has 2 unspecified atom stereocenters. The Balaban J connectivity index is 2.62. The van der Waals surface area contributed by atoms with Crippen LogP contribution in [-0.4, -0.2) is 35.1 Å². The summed E-state index contributed by atoms with van der Waals surface area (Å²) in [5.41, 5.74) is -1.15. The second kappa shape index (κ2) is 6.73. The lowest BCUT2D eigenvalue weighted by molar-refractivity contribution is -0.147. The molecule has 0 aliphatic carbocycles. The second-order valence-corrected chi connectivity index (χ2v) is 5.23. The summed E-state index contributed by atoms with van der Waals surface area (Å²) in [6.07, 6.45) is 5.18. The minimum Gasteiger partial charge on any atom is -0.480 e. The summed E-state index contributed by atoms with van der Waals surface area (Å²) >= 11 is 0. The zero-order valence-electron chi connectivity index (χ0n) is 11.3. The minimum atomic E-state index is -1.15. The lowest BCUT2D eigenvalue weighted by atomic mass is 9.95. The van der Waals surface area contributed by atoms with Crippen LogP contribution in [0.2, 0.25) is 0 Å². The number of carbonyl (C=O) groups excluding carboxylic acids is 1. The predicted molar refractivity (Wildman–Crippen MR) is 69.4 cm³/mol. The molecule has 18 heavy (non-hydrogen) atoms. The van der Waals surface area contributed by atoms with Gasteiger partial charge in [-0.1, -0.05) is 26.2 Å². The van der Waals surface area contributed by atoms with E-state index < -0.39 is 11.5 Å². The summed E-state index contributed by atoms with van der Waals surface area (Å²) < 4.78 is 0. The zero-order chi connectivity index (χ0) is 13.6. The normalized spacial score (nSPS) is 23.8. The first kappa shape index (κ1) is 15.0. The van der Waals surface area contributed by atoms with Gasteiger partial charge in [0.15, 0.2) is 0 Å². The molecule has 0 spiro atoms. The van der Waals surface area contributed by atoms with Crippen molar-refractivity contribution in [2.24, 2.45) is 0 Å². The van der Waals surface area contributed by atoms with Gasteiger partial charge in [0.2, 0.25) is 5.91 Å². The molecule has 1 saturated heterocycles. The van der Waals surface area contributed by atoms with E-state index in [0.717, 1.165) is 38.6 Å². The quantitative estimate of drug-likeness (QED) is 0.692. The van der Waals surface area contributed by atoms with Gasteiger partial charge in [-0.25, -0.2) is 4.79 Å². The average molecular weight is 256 g/mol. The Bertz CT molecular complexity index is 299. The smallest absolute Gasteiger partial charge is 0.329 e. The Labute approximate surface area is 108 Å². The maximum atomic E-state index is 12.1. The molecular weight excluding hydrogens is 232 g/mol. The maximum Gasteiger partial charge on any atom is 0.329 e. The van der Waals surface area contributed by atoms with Gasteiger partial charge >= 0.3 is 5.97 Å². The second-order valence-electron chi connectivity index (χ2n) is 5.23. The Morgan fingerprint density at radius 3 is 2.72 bits per heavy atom. The van der Waals surface area contributed by atoms with Gasteiger partial charge in [0.05, 0.1) is 6.04 Å². The first-order valence-electron chi connectivity index (χ1n) is 6.78. The molecule has 3 N–H and O–H groups in total. The van der Waals surface area contributed by atoms with E-state index in [1.165, 1.54) is 0 Å². The van der Waals surface area contributed by atoms with Crippen LogP contribution in [0.15, 0.2) is 0 Å². The Hall–Kier alpha value is -1.10. The molecule has 0 aromatic heterocycles. The predicted octanol–water partition coefficient (Wildman–Crippen LogP) is 1.28. The van der Waals surface area contributed by atoms with Gasteiger partial charge in [-0.15, -0.1) is 0 Å². The number of nitrogens with one attached hydrogen (secondary N) is 2. The highest BCUT2D eigenvalue weighted by molar-refractivity contribution is 5.89. The van der Waals surface area contributed by atoms with E-state index >= 15 is 0 Å². The third-order valence-electron chi connectivity index (χ3n) is 3.50. The number of hydrogen-bond donors (Lipinski definition) is 3. The lowest BCUT2D eigenvalue weighted by Gasteiger charge is -2.28. The molecule has 0 aromatic carbocycles.